The number of aromatic nitrogens is 2. The van der Waals surface area contributed by atoms with Crippen LogP contribution in [0.25, 0.3) is 11.4 Å². The number of rotatable bonds is 3. The zero-order valence-corrected chi connectivity index (χ0v) is 13.3. The molecule has 1 aromatic carbocycles. The van der Waals surface area contributed by atoms with Crippen molar-refractivity contribution < 1.29 is 0 Å². The van der Waals surface area contributed by atoms with Gasteiger partial charge in [0, 0.05) is 28.9 Å². The van der Waals surface area contributed by atoms with Gasteiger partial charge in [-0.15, -0.1) is 0 Å². The van der Waals surface area contributed by atoms with Gasteiger partial charge in [-0.25, -0.2) is 9.97 Å². The van der Waals surface area contributed by atoms with E-state index >= 15 is 0 Å². The van der Waals surface area contributed by atoms with Crippen LogP contribution in [0.15, 0.2) is 18.2 Å². The highest BCUT2D eigenvalue weighted by molar-refractivity contribution is 6.31. The third-order valence-corrected chi connectivity index (χ3v) is 3.79. The third-order valence-electron chi connectivity index (χ3n) is 3.38. The van der Waals surface area contributed by atoms with Crippen molar-refractivity contribution in [3.63, 3.8) is 0 Å². The van der Waals surface area contributed by atoms with Gasteiger partial charge in [-0.05, 0) is 31.4 Å². The molecule has 3 nitrogen and oxygen atoms in total. The maximum atomic E-state index is 6.19. The summed E-state index contributed by atoms with van der Waals surface area (Å²) in [5.41, 5.74) is 4.16. The van der Waals surface area contributed by atoms with Crippen molar-refractivity contribution in [3.8, 4) is 11.4 Å². The monoisotopic (exact) mass is 289 g/mol. The highest BCUT2D eigenvalue weighted by Gasteiger charge is 2.15. The quantitative estimate of drug-likeness (QED) is 0.899. The first kappa shape index (κ1) is 14.8. The first-order valence-corrected chi connectivity index (χ1v) is 7.14. The minimum atomic E-state index is 0.383. The van der Waals surface area contributed by atoms with Crippen molar-refractivity contribution in [1.29, 1.82) is 0 Å². The molecule has 0 fully saturated rings. The lowest BCUT2D eigenvalue weighted by Gasteiger charge is -2.15. The Bertz CT molecular complexity index is 636. The number of benzene rings is 1. The molecule has 20 heavy (non-hydrogen) atoms. The van der Waals surface area contributed by atoms with Crippen molar-refractivity contribution in [2.24, 2.45) is 0 Å². The molecule has 4 heteroatoms. The van der Waals surface area contributed by atoms with Gasteiger partial charge >= 0.3 is 0 Å². The summed E-state index contributed by atoms with van der Waals surface area (Å²) in [5, 5.41) is 3.91. The predicted molar refractivity (Wildman–Crippen MR) is 85.6 cm³/mol. The van der Waals surface area contributed by atoms with Crippen LogP contribution in [-0.4, -0.2) is 17.0 Å². The zero-order valence-electron chi connectivity index (χ0n) is 12.6. The molecule has 0 saturated carbocycles. The Morgan fingerprint density at radius 3 is 2.40 bits per heavy atom. The van der Waals surface area contributed by atoms with E-state index in [0.717, 1.165) is 33.2 Å². The van der Waals surface area contributed by atoms with Crippen molar-refractivity contribution in [1.82, 2.24) is 9.97 Å². The topological polar surface area (TPSA) is 37.8 Å². The number of nitrogens with one attached hydrogen (secondary N) is 1. The first-order chi connectivity index (χ1) is 9.43. The van der Waals surface area contributed by atoms with Crippen molar-refractivity contribution in [3.05, 3.63) is 40.0 Å². The second-order valence-corrected chi connectivity index (χ2v) is 5.67. The van der Waals surface area contributed by atoms with Crippen LogP contribution in [0.3, 0.4) is 0 Å². The van der Waals surface area contributed by atoms with Gasteiger partial charge in [-0.3, -0.25) is 0 Å². The minimum Gasteiger partial charge on any atom is -0.373 e. The van der Waals surface area contributed by atoms with Crippen molar-refractivity contribution in [2.45, 2.75) is 33.6 Å². The van der Waals surface area contributed by atoms with Crippen molar-refractivity contribution >= 4 is 17.4 Å². The van der Waals surface area contributed by atoms with Crippen LogP contribution in [-0.2, 0) is 0 Å². The Balaban J connectivity index is 2.58. The third kappa shape index (κ3) is 2.78. The molecule has 0 aliphatic heterocycles. The van der Waals surface area contributed by atoms with E-state index in [1.54, 1.807) is 0 Å². The van der Waals surface area contributed by atoms with Gasteiger partial charge in [0.05, 0.1) is 0 Å². The van der Waals surface area contributed by atoms with Gasteiger partial charge in [-0.1, -0.05) is 37.6 Å². The lowest BCUT2D eigenvalue weighted by Crippen LogP contribution is -2.07. The molecule has 0 radical (unpaired) electrons. The zero-order chi connectivity index (χ0) is 14.9. The van der Waals surface area contributed by atoms with Gasteiger partial charge in [-0.2, -0.15) is 0 Å². The molecule has 0 bridgehead atoms. The molecular formula is C16H20ClN3. The summed E-state index contributed by atoms with van der Waals surface area (Å²) in [6.45, 7) is 8.31. The molecule has 0 amide bonds. The fraction of sp³-hybridized carbons (Fsp3) is 0.375. The number of aryl methyl sites for hydroxylation is 2. The molecule has 0 saturated heterocycles. The van der Waals surface area contributed by atoms with Gasteiger partial charge in [0.25, 0.3) is 0 Å². The van der Waals surface area contributed by atoms with E-state index in [2.05, 4.69) is 29.1 Å². The summed E-state index contributed by atoms with van der Waals surface area (Å²) in [6, 6.07) is 5.91. The van der Waals surface area contributed by atoms with Crippen molar-refractivity contribution in [2.75, 3.05) is 12.4 Å². The van der Waals surface area contributed by atoms with Crippen LogP contribution in [0.5, 0.6) is 0 Å². The Kier molecular flexibility index (Phi) is 4.29. The van der Waals surface area contributed by atoms with Crippen LogP contribution in [0.1, 0.15) is 36.6 Å². The molecule has 1 aromatic heterocycles. The molecule has 106 valence electrons. The first-order valence-electron chi connectivity index (χ1n) is 6.76. The number of halogens is 1. The normalized spacial score (nSPS) is 10.9. The lowest BCUT2D eigenvalue weighted by atomic mass is 10.0. The van der Waals surface area contributed by atoms with E-state index in [1.165, 1.54) is 0 Å². The number of anilines is 1. The summed E-state index contributed by atoms with van der Waals surface area (Å²) in [7, 11) is 1.89. The van der Waals surface area contributed by atoms with Crippen LogP contribution in [0.4, 0.5) is 5.82 Å². The Morgan fingerprint density at radius 2 is 1.85 bits per heavy atom. The van der Waals surface area contributed by atoms with E-state index in [4.69, 9.17) is 11.6 Å². The molecule has 0 atom stereocenters. The molecule has 1 heterocycles. The Labute approximate surface area is 125 Å². The smallest absolute Gasteiger partial charge is 0.161 e. The molecule has 2 aromatic rings. The fourth-order valence-electron chi connectivity index (χ4n) is 2.32. The second-order valence-electron chi connectivity index (χ2n) is 5.26. The molecule has 2 rings (SSSR count). The second kappa shape index (κ2) is 5.80. The summed E-state index contributed by atoms with van der Waals surface area (Å²) in [5.74, 6) is 1.98. The van der Waals surface area contributed by atoms with Gasteiger partial charge in [0.2, 0.25) is 0 Å². The van der Waals surface area contributed by atoms with E-state index in [0.29, 0.717) is 11.7 Å². The molecule has 0 aliphatic rings. The molecule has 0 unspecified atom stereocenters. The highest BCUT2D eigenvalue weighted by Crippen LogP contribution is 2.29. The largest absolute Gasteiger partial charge is 0.373 e. The van der Waals surface area contributed by atoms with E-state index in [-0.39, 0.29) is 0 Å². The standard InChI is InChI=1S/C16H20ClN3/c1-9(2)14-11(4)19-15(20-16(14)18-5)12-7-6-10(3)13(17)8-12/h6-9H,1-5H3,(H,18,19,20). The predicted octanol–water partition coefficient (Wildman–Crippen LogP) is 4.58. The number of nitrogens with zero attached hydrogens (tertiary/aromatic N) is 2. The molecule has 0 spiro atoms. The summed E-state index contributed by atoms with van der Waals surface area (Å²) < 4.78 is 0. The SMILES string of the molecule is CNc1nc(-c2ccc(C)c(Cl)c2)nc(C)c1C(C)C. The minimum absolute atomic E-state index is 0.383. The number of hydrogen-bond acceptors (Lipinski definition) is 3. The molecular weight excluding hydrogens is 270 g/mol. The van der Waals surface area contributed by atoms with Crippen LogP contribution >= 0.6 is 11.6 Å². The van der Waals surface area contributed by atoms with E-state index in [1.807, 2.05) is 39.1 Å². The maximum Gasteiger partial charge on any atom is 0.161 e. The summed E-state index contributed by atoms with van der Waals surface area (Å²) in [6.07, 6.45) is 0. The summed E-state index contributed by atoms with van der Waals surface area (Å²) >= 11 is 6.19. The Hall–Kier alpha value is -1.61. The highest BCUT2D eigenvalue weighted by atomic mass is 35.5. The average Bonchev–Trinajstić information content (AvgIpc) is 2.40. The Morgan fingerprint density at radius 1 is 1.15 bits per heavy atom. The number of hydrogen-bond donors (Lipinski definition) is 1. The average molecular weight is 290 g/mol. The van der Waals surface area contributed by atoms with E-state index in [9.17, 15) is 0 Å². The molecule has 1 N–H and O–H groups in total. The lowest BCUT2D eigenvalue weighted by molar-refractivity contribution is 0.833. The van der Waals surface area contributed by atoms with Crippen LogP contribution < -0.4 is 5.32 Å². The summed E-state index contributed by atoms with van der Waals surface area (Å²) in [4.78, 5) is 9.27. The van der Waals surface area contributed by atoms with Crippen LogP contribution in [0, 0.1) is 13.8 Å². The van der Waals surface area contributed by atoms with Gasteiger partial charge in [0.15, 0.2) is 5.82 Å². The van der Waals surface area contributed by atoms with Gasteiger partial charge in [0.1, 0.15) is 5.82 Å². The molecule has 0 aliphatic carbocycles. The van der Waals surface area contributed by atoms with Crippen LogP contribution in [0.2, 0.25) is 5.02 Å². The fourth-order valence-corrected chi connectivity index (χ4v) is 2.50. The van der Waals surface area contributed by atoms with Gasteiger partial charge < -0.3 is 5.32 Å². The maximum absolute atomic E-state index is 6.19. The van der Waals surface area contributed by atoms with E-state index < -0.39 is 0 Å².